The van der Waals surface area contributed by atoms with E-state index in [1.165, 1.54) is 0 Å². The number of benzene rings is 2. The Labute approximate surface area is 128 Å². The van der Waals surface area contributed by atoms with Crippen LogP contribution in [0.3, 0.4) is 0 Å². The molecule has 0 unspecified atom stereocenters. The number of alkyl halides is 3. The molecule has 0 heterocycles. The van der Waals surface area contributed by atoms with Crippen LogP contribution in [0.4, 0.5) is 17.6 Å². The van der Waals surface area contributed by atoms with Crippen LogP contribution >= 0.6 is 0 Å². The average Bonchev–Trinajstić information content (AvgIpc) is 2.46. The van der Waals surface area contributed by atoms with Crippen molar-refractivity contribution in [1.82, 2.24) is 0 Å². The fourth-order valence-electron chi connectivity index (χ4n) is 1.84. The summed E-state index contributed by atoms with van der Waals surface area (Å²) in [4.78, 5) is -1.62. The molecule has 9 heteroatoms. The normalized spacial score (nSPS) is 12.2. The van der Waals surface area contributed by atoms with Crippen LogP contribution in [-0.2, 0) is 16.0 Å². The van der Waals surface area contributed by atoms with Gasteiger partial charge in [0, 0.05) is 6.07 Å². The summed E-state index contributed by atoms with van der Waals surface area (Å²) in [5.74, 6) is -1.89. The van der Waals surface area contributed by atoms with Gasteiger partial charge in [0.15, 0.2) is 11.5 Å². The highest BCUT2D eigenvalue weighted by Gasteiger charge is 2.33. The Bertz CT molecular complexity index is 844. The van der Waals surface area contributed by atoms with Crippen LogP contribution in [0.2, 0.25) is 0 Å². The molecule has 0 amide bonds. The van der Waals surface area contributed by atoms with E-state index >= 15 is 0 Å². The SMILES string of the molecule is COc1cc(S(=O)(=O)c2cc(C(F)(F)F)ccc2F)ccc1O. The molecule has 0 saturated heterocycles. The van der Waals surface area contributed by atoms with Crippen molar-refractivity contribution >= 4 is 9.84 Å². The van der Waals surface area contributed by atoms with Gasteiger partial charge in [-0.15, -0.1) is 0 Å². The third-order valence-corrected chi connectivity index (χ3v) is 4.78. The molecular formula is C14H10F4O4S. The summed E-state index contributed by atoms with van der Waals surface area (Å²) in [5.41, 5.74) is -1.29. The van der Waals surface area contributed by atoms with Gasteiger partial charge in [0.05, 0.1) is 17.6 Å². The van der Waals surface area contributed by atoms with Gasteiger partial charge in [-0.05, 0) is 30.3 Å². The number of hydrogen-bond acceptors (Lipinski definition) is 4. The van der Waals surface area contributed by atoms with Crippen molar-refractivity contribution < 1.29 is 35.8 Å². The Morgan fingerprint density at radius 1 is 1.09 bits per heavy atom. The number of sulfone groups is 1. The summed E-state index contributed by atoms with van der Waals surface area (Å²) in [6.07, 6.45) is -4.81. The zero-order chi connectivity index (χ0) is 17.4. The standard InChI is InChI=1S/C14H10F4O4S/c1-22-12-7-9(3-5-11(12)19)23(20,21)13-6-8(14(16,17)18)2-4-10(13)15/h2-7,19H,1H3. The number of hydrogen-bond donors (Lipinski definition) is 1. The van der Waals surface area contributed by atoms with E-state index in [9.17, 15) is 31.1 Å². The smallest absolute Gasteiger partial charge is 0.416 e. The van der Waals surface area contributed by atoms with Crippen molar-refractivity contribution in [2.75, 3.05) is 7.11 Å². The Hall–Kier alpha value is -2.29. The number of phenolic OH excluding ortho intramolecular Hbond substituents is 1. The second-order valence-corrected chi connectivity index (χ2v) is 6.40. The molecule has 0 aliphatic rings. The molecule has 0 spiro atoms. The Kier molecular flexibility index (Phi) is 4.25. The second-order valence-electron chi connectivity index (χ2n) is 4.48. The quantitative estimate of drug-likeness (QED) is 0.862. The molecule has 0 bridgehead atoms. The van der Waals surface area contributed by atoms with Gasteiger partial charge in [0.2, 0.25) is 9.84 Å². The van der Waals surface area contributed by atoms with E-state index in [0.717, 1.165) is 25.3 Å². The van der Waals surface area contributed by atoms with E-state index in [-0.39, 0.29) is 17.6 Å². The maximum absolute atomic E-state index is 13.8. The molecule has 0 fully saturated rings. The largest absolute Gasteiger partial charge is 0.504 e. The van der Waals surface area contributed by atoms with Gasteiger partial charge in [-0.25, -0.2) is 12.8 Å². The first-order valence-corrected chi connectivity index (χ1v) is 7.54. The van der Waals surface area contributed by atoms with Gasteiger partial charge in [-0.2, -0.15) is 13.2 Å². The minimum absolute atomic E-state index is 0.210. The van der Waals surface area contributed by atoms with Crippen LogP contribution in [0.25, 0.3) is 0 Å². The van der Waals surface area contributed by atoms with Gasteiger partial charge in [-0.1, -0.05) is 0 Å². The molecular weight excluding hydrogens is 340 g/mol. The zero-order valence-corrected chi connectivity index (χ0v) is 12.4. The summed E-state index contributed by atoms with van der Waals surface area (Å²) in [5, 5.41) is 9.43. The van der Waals surface area contributed by atoms with Gasteiger partial charge in [-0.3, -0.25) is 0 Å². The van der Waals surface area contributed by atoms with Gasteiger partial charge in [0.25, 0.3) is 0 Å². The first kappa shape index (κ1) is 17.1. The lowest BCUT2D eigenvalue weighted by Gasteiger charge is -2.11. The van der Waals surface area contributed by atoms with Crippen molar-refractivity contribution in [2.45, 2.75) is 16.0 Å². The van der Waals surface area contributed by atoms with Gasteiger partial charge >= 0.3 is 6.18 Å². The monoisotopic (exact) mass is 350 g/mol. The molecule has 2 aromatic carbocycles. The number of aromatic hydroxyl groups is 1. The Balaban J connectivity index is 2.65. The third kappa shape index (κ3) is 3.24. The molecule has 2 aromatic rings. The van der Waals surface area contributed by atoms with Crippen LogP contribution < -0.4 is 4.74 Å². The molecule has 0 radical (unpaired) electrons. The number of rotatable bonds is 3. The maximum atomic E-state index is 13.8. The van der Waals surface area contributed by atoms with Crippen LogP contribution in [0.5, 0.6) is 11.5 Å². The first-order valence-electron chi connectivity index (χ1n) is 6.06. The molecule has 2 rings (SSSR count). The molecule has 0 aromatic heterocycles. The van der Waals surface area contributed by atoms with Gasteiger partial charge < -0.3 is 9.84 Å². The Morgan fingerprint density at radius 3 is 2.30 bits per heavy atom. The van der Waals surface area contributed by atoms with Crippen LogP contribution in [0.15, 0.2) is 46.2 Å². The maximum Gasteiger partial charge on any atom is 0.416 e. The van der Waals surface area contributed by atoms with E-state index < -0.39 is 37.2 Å². The predicted octanol–water partition coefficient (Wildman–Crippen LogP) is 3.39. The lowest BCUT2D eigenvalue weighted by atomic mass is 10.2. The molecule has 0 aliphatic heterocycles. The minimum atomic E-state index is -4.81. The van der Waals surface area contributed by atoms with Crippen molar-refractivity contribution in [2.24, 2.45) is 0 Å². The molecule has 1 N–H and O–H groups in total. The highest BCUT2D eigenvalue weighted by atomic mass is 32.2. The van der Waals surface area contributed by atoms with E-state index in [1.807, 2.05) is 0 Å². The molecule has 4 nitrogen and oxygen atoms in total. The highest BCUT2D eigenvalue weighted by Crippen LogP contribution is 2.35. The average molecular weight is 350 g/mol. The third-order valence-electron chi connectivity index (χ3n) is 3.01. The van der Waals surface area contributed by atoms with E-state index in [2.05, 4.69) is 0 Å². The fourth-order valence-corrected chi connectivity index (χ4v) is 3.21. The van der Waals surface area contributed by atoms with Crippen molar-refractivity contribution in [3.63, 3.8) is 0 Å². The summed E-state index contributed by atoms with van der Waals surface area (Å²) in [7, 11) is -3.40. The van der Waals surface area contributed by atoms with Crippen molar-refractivity contribution in [1.29, 1.82) is 0 Å². The van der Waals surface area contributed by atoms with Gasteiger partial charge in [0.1, 0.15) is 10.7 Å². The number of halogens is 4. The highest BCUT2D eigenvalue weighted by molar-refractivity contribution is 7.91. The molecule has 124 valence electrons. The van der Waals surface area contributed by atoms with Crippen LogP contribution in [0, 0.1) is 5.82 Å². The van der Waals surface area contributed by atoms with Crippen LogP contribution in [-0.4, -0.2) is 20.6 Å². The molecule has 0 aliphatic carbocycles. The van der Waals surface area contributed by atoms with E-state index in [4.69, 9.17) is 4.74 Å². The lowest BCUT2D eigenvalue weighted by molar-refractivity contribution is -0.137. The number of phenols is 1. The second kappa shape index (κ2) is 5.73. The fraction of sp³-hybridized carbons (Fsp3) is 0.143. The summed E-state index contributed by atoms with van der Waals surface area (Å²) < 4.78 is 81.3. The van der Waals surface area contributed by atoms with E-state index in [1.54, 1.807) is 0 Å². The molecule has 23 heavy (non-hydrogen) atoms. The Morgan fingerprint density at radius 2 is 1.74 bits per heavy atom. The summed E-state index contributed by atoms with van der Waals surface area (Å²) in [6.45, 7) is 0. The number of methoxy groups -OCH3 is 1. The predicted molar refractivity (Wildman–Crippen MR) is 71.5 cm³/mol. The molecule has 0 saturated carbocycles. The van der Waals surface area contributed by atoms with Crippen molar-refractivity contribution in [3.8, 4) is 11.5 Å². The van der Waals surface area contributed by atoms with Crippen molar-refractivity contribution in [3.05, 3.63) is 47.8 Å². The summed E-state index contributed by atoms with van der Waals surface area (Å²) in [6, 6.07) is 3.93. The van der Waals surface area contributed by atoms with Crippen LogP contribution in [0.1, 0.15) is 5.56 Å². The number of ether oxygens (including phenoxy) is 1. The lowest BCUT2D eigenvalue weighted by Crippen LogP contribution is -2.10. The van der Waals surface area contributed by atoms with E-state index in [0.29, 0.717) is 12.1 Å². The summed E-state index contributed by atoms with van der Waals surface area (Å²) >= 11 is 0. The first-order chi connectivity index (χ1) is 10.6. The topological polar surface area (TPSA) is 63.6 Å². The minimum Gasteiger partial charge on any atom is -0.504 e. The molecule has 0 atom stereocenters. The zero-order valence-electron chi connectivity index (χ0n) is 11.6.